The minimum Gasteiger partial charge on any atom is -0.253 e. The van der Waals surface area contributed by atoms with Crippen LogP contribution in [0, 0.1) is 27.7 Å². The van der Waals surface area contributed by atoms with Gasteiger partial charge in [-0.2, -0.15) is 0 Å². The van der Waals surface area contributed by atoms with Crippen LogP contribution in [0.4, 0.5) is 0 Å². The van der Waals surface area contributed by atoms with Crippen LogP contribution in [0.25, 0.3) is 88.0 Å². The van der Waals surface area contributed by atoms with E-state index in [9.17, 15) is 0 Å². The van der Waals surface area contributed by atoms with Gasteiger partial charge in [0.25, 0.3) is 0 Å². The van der Waals surface area contributed by atoms with Gasteiger partial charge in [0.1, 0.15) is 0 Å². The number of aryl methyl sites for hydroxylation is 4. The Labute approximate surface area is 292 Å². The Bertz CT molecular complexity index is 2760. The molecular formula is C48H36N2. The van der Waals surface area contributed by atoms with Gasteiger partial charge in [0.05, 0.1) is 16.7 Å². The maximum atomic E-state index is 5.65. The third-order valence-corrected chi connectivity index (χ3v) is 9.97. The van der Waals surface area contributed by atoms with E-state index in [0.717, 1.165) is 44.2 Å². The molecule has 50 heavy (non-hydrogen) atoms. The predicted molar refractivity (Wildman–Crippen MR) is 213 cm³/mol. The van der Waals surface area contributed by atoms with Gasteiger partial charge >= 0.3 is 0 Å². The molecule has 7 aromatic carbocycles. The number of rotatable bonds is 4. The SMILES string of the molecule is Cc1cc(C)cc(-c2cnc3c(ccc4cc(-c5cc(C)cc(C)c5)c(-c5ccc6ccccc6c5-c5cccc6ccccc56)nc43)c2)c1. The highest BCUT2D eigenvalue weighted by Crippen LogP contribution is 2.45. The highest BCUT2D eigenvalue weighted by Gasteiger charge is 2.21. The minimum atomic E-state index is 0.912. The maximum absolute atomic E-state index is 5.65. The molecule has 0 fully saturated rings. The standard InChI is InChI=1S/C48H36N2/c1-29-20-30(2)23-37(22-29)39-26-35-16-17-36-27-44(38-24-31(3)21-32(4)25-38)48(50-47(36)46(35)49-28-39)43-19-18-34-11-6-8-14-41(34)45(43)42-15-9-12-33-10-5-7-13-40(33)42/h5-28H,1-4H3. The highest BCUT2D eigenvalue weighted by atomic mass is 14.8. The van der Waals surface area contributed by atoms with Crippen LogP contribution in [0.2, 0.25) is 0 Å². The number of pyridine rings is 2. The van der Waals surface area contributed by atoms with E-state index < -0.39 is 0 Å². The van der Waals surface area contributed by atoms with Crippen molar-refractivity contribution in [3.05, 3.63) is 168 Å². The van der Waals surface area contributed by atoms with Crippen LogP contribution in [0.1, 0.15) is 22.3 Å². The van der Waals surface area contributed by atoms with Crippen LogP contribution < -0.4 is 0 Å². The lowest BCUT2D eigenvalue weighted by molar-refractivity contribution is 1.35. The molecule has 2 nitrogen and oxygen atoms in total. The number of nitrogens with zero attached hydrogens (tertiary/aromatic N) is 2. The molecule has 0 aliphatic heterocycles. The van der Waals surface area contributed by atoms with E-state index >= 15 is 0 Å². The van der Waals surface area contributed by atoms with Gasteiger partial charge in [0.15, 0.2) is 0 Å². The molecule has 0 amide bonds. The number of fused-ring (bicyclic) bond motifs is 5. The molecule has 238 valence electrons. The number of hydrogen-bond acceptors (Lipinski definition) is 2. The van der Waals surface area contributed by atoms with Gasteiger partial charge in [-0.15, -0.1) is 0 Å². The van der Waals surface area contributed by atoms with Crippen molar-refractivity contribution >= 4 is 43.4 Å². The first-order chi connectivity index (χ1) is 24.4. The summed E-state index contributed by atoms with van der Waals surface area (Å²) >= 11 is 0. The Balaban J connectivity index is 1.38. The van der Waals surface area contributed by atoms with Gasteiger partial charge in [0.2, 0.25) is 0 Å². The maximum Gasteiger partial charge on any atom is 0.0972 e. The van der Waals surface area contributed by atoms with Crippen LogP contribution >= 0.6 is 0 Å². The Hall–Kier alpha value is -6.12. The first-order valence-electron chi connectivity index (χ1n) is 17.3. The van der Waals surface area contributed by atoms with Gasteiger partial charge in [-0.25, -0.2) is 4.98 Å². The third kappa shape index (κ3) is 5.12. The summed E-state index contributed by atoms with van der Waals surface area (Å²) in [5.41, 5.74) is 15.9. The average molecular weight is 641 g/mol. The fourth-order valence-electron chi connectivity index (χ4n) is 7.89. The van der Waals surface area contributed by atoms with Crippen molar-refractivity contribution < 1.29 is 0 Å². The molecule has 0 aliphatic rings. The zero-order valence-corrected chi connectivity index (χ0v) is 28.8. The van der Waals surface area contributed by atoms with Crippen LogP contribution in [-0.4, -0.2) is 9.97 Å². The van der Waals surface area contributed by atoms with Crippen LogP contribution in [0.5, 0.6) is 0 Å². The monoisotopic (exact) mass is 640 g/mol. The highest BCUT2D eigenvalue weighted by molar-refractivity contribution is 6.13. The lowest BCUT2D eigenvalue weighted by atomic mass is 9.86. The van der Waals surface area contributed by atoms with Crippen LogP contribution in [0.15, 0.2) is 146 Å². The summed E-state index contributed by atoms with van der Waals surface area (Å²) in [6, 6.07) is 51.0. The van der Waals surface area contributed by atoms with Gasteiger partial charge in [-0.1, -0.05) is 150 Å². The molecule has 0 aliphatic carbocycles. The number of aromatic nitrogens is 2. The molecule has 0 radical (unpaired) electrons. The molecule has 0 bridgehead atoms. The molecule has 2 heterocycles. The second-order valence-electron chi connectivity index (χ2n) is 13.8. The molecule has 9 aromatic rings. The lowest BCUT2D eigenvalue weighted by Crippen LogP contribution is -1.97. The molecule has 2 aromatic heterocycles. The second-order valence-corrected chi connectivity index (χ2v) is 13.8. The van der Waals surface area contributed by atoms with E-state index in [1.165, 1.54) is 66.1 Å². The summed E-state index contributed by atoms with van der Waals surface area (Å²) in [6.45, 7) is 8.65. The summed E-state index contributed by atoms with van der Waals surface area (Å²) in [5, 5.41) is 7.03. The number of hydrogen-bond donors (Lipinski definition) is 0. The number of benzene rings is 7. The quantitative estimate of drug-likeness (QED) is 0.179. The summed E-state index contributed by atoms with van der Waals surface area (Å²) in [5.74, 6) is 0. The van der Waals surface area contributed by atoms with Crippen molar-refractivity contribution in [3.63, 3.8) is 0 Å². The minimum absolute atomic E-state index is 0.912. The molecule has 0 spiro atoms. The van der Waals surface area contributed by atoms with Gasteiger partial charge in [-0.05, 0) is 83.6 Å². The van der Waals surface area contributed by atoms with Crippen molar-refractivity contribution in [2.45, 2.75) is 27.7 Å². The van der Waals surface area contributed by atoms with E-state index in [1.54, 1.807) is 0 Å². The molecular weight excluding hydrogens is 605 g/mol. The van der Waals surface area contributed by atoms with Crippen LogP contribution in [0.3, 0.4) is 0 Å². The summed E-state index contributed by atoms with van der Waals surface area (Å²) in [4.78, 5) is 10.8. The summed E-state index contributed by atoms with van der Waals surface area (Å²) < 4.78 is 0. The Morgan fingerprint density at radius 2 is 0.960 bits per heavy atom. The van der Waals surface area contributed by atoms with E-state index in [-0.39, 0.29) is 0 Å². The summed E-state index contributed by atoms with van der Waals surface area (Å²) in [6.07, 6.45) is 2.01. The summed E-state index contributed by atoms with van der Waals surface area (Å²) in [7, 11) is 0. The second kappa shape index (κ2) is 11.8. The lowest BCUT2D eigenvalue weighted by Gasteiger charge is -2.19. The zero-order valence-electron chi connectivity index (χ0n) is 28.8. The fraction of sp³-hybridized carbons (Fsp3) is 0.0833. The first-order valence-corrected chi connectivity index (χ1v) is 17.3. The molecule has 0 saturated heterocycles. The zero-order chi connectivity index (χ0) is 33.9. The van der Waals surface area contributed by atoms with Gasteiger partial charge in [-0.3, -0.25) is 4.98 Å². The molecule has 0 unspecified atom stereocenters. The fourth-order valence-corrected chi connectivity index (χ4v) is 7.89. The molecule has 9 rings (SSSR count). The van der Waals surface area contributed by atoms with E-state index in [0.29, 0.717) is 0 Å². The molecule has 2 heteroatoms. The molecule has 0 saturated carbocycles. The Morgan fingerprint density at radius 1 is 0.380 bits per heavy atom. The van der Waals surface area contributed by atoms with Crippen molar-refractivity contribution in [1.82, 2.24) is 9.97 Å². The van der Waals surface area contributed by atoms with E-state index in [2.05, 4.69) is 167 Å². The largest absolute Gasteiger partial charge is 0.253 e. The predicted octanol–water partition coefficient (Wildman–Crippen LogP) is 13.0. The molecule has 0 N–H and O–H groups in total. The normalized spacial score (nSPS) is 11.6. The van der Waals surface area contributed by atoms with Crippen molar-refractivity contribution in [2.75, 3.05) is 0 Å². The average Bonchev–Trinajstić information content (AvgIpc) is 3.12. The smallest absolute Gasteiger partial charge is 0.0972 e. The third-order valence-electron chi connectivity index (χ3n) is 9.97. The molecule has 0 atom stereocenters. The topological polar surface area (TPSA) is 25.8 Å². The Morgan fingerprint density at radius 3 is 1.68 bits per heavy atom. The first kappa shape index (κ1) is 30.0. The van der Waals surface area contributed by atoms with Crippen molar-refractivity contribution in [3.8, 4) is 44.6 Å². The van der Waals surface area contributed by atoms with Crippen molar-refractivity contribution in [2.24, 2.45) is 0 Å². The van der Waals surface area contributed by atoms with E-state index in [1.807, 2.05) is 6.20 Å². The van der Waals surface area contributed by atoms with Crippen LogP contribution in [-0.2, 0) is 0 Å². The van der Waals surface area contributed by atoms with E-state index in [4.69, 9.17) is 9.97 Å². The Kier molecular flexibility index (Phi) is 7.07. The van der Waals surface area contributed by atoms with Crippen molar-refractivity contribution in [1.29, 1.82) is 0 Å². The van der Waals surface area contributed by atoms with Gasteiger partial charge in [0, 0.05) is 33.7 Å². The van der Waals surface area contributed by atoms with Gasteiger partial charge < -0.3 is 0 Å².